The van der Waals surface area contributed by atoms with Gasteiger partial charge in [0.25, 0.3) is 0 Å². The molecular weight excluding hydrogens is 298 g/mol. The number of halogens is 2. The highest BCUT2D eigenvalue weighted by Gasteiger charge is 2.27. The molecule has 3 nitrogen and oxygen atoms in total. The lowest BCUT2D eigenvalue weighted by Crippen LogP contribution is -2.51. The van der Waals surface area contributed by atoms with Gasteiger partial charge in [-0.15, -0.1) is 0 Å². The number of piperazine rings is 1. The van der Waals surface area contributed by atoms with E-state index in [1.165, 1.54) is 0 Å². The molecule has 0 spiro atoms. The number of alkyl halides is 2. The maximum atomic E-state index is 12.2. The van der Waals surface area contributed by atoms with Crippen LogP contribution in [0.2, 0.25) is 0 Å². The van der Waals surface area contributed by atoms with Crippen LogP contribution in [0.15, 0.2) is 24.3 Å². The summed E-state index contributed by atoms with van der Waals surface area (Å²) in [5, 5.41) is 3.44. The Kier molecular flexibility index (Phi) is 8.48. The molecule has 0 bridgehead atoms. The summed E-state index contributed by atoms with van der Waals surface area (Å²) in [7, 11) is 0. The average molecular weight is 328 g/mol. The van der Waals surface area contributed by atoms with Crippen molar-refractivity contribution in [1.29, 1.82) is 0 Å². The van der Waals surface area contributed by atoms with Crippen LogP contribution in [0.5, 0.6) is 5.75 Å². The van der Waals surface area contributed by atoms with Gasteiger partial charge in [-0.1, -0.05) is 39.8 Å². The molecule has 1 fully saturated rings. The van der Waals surface area contributed by atoms with Gasteiger partial charge in [0.1, 0.15) is 5.75 Å². The second kappa shape index (κ2) is 9.83. The molecule has 1 N–H and O–H groups in total. The minimum absolute atomic E-state index is 0.213. The zero-order valence-electron chi connectivity index (χ0n) is 14.9. The fourth-order valence-corrected chi connectivity index (χ4v) is 3.08. The van der Waals surface area contributed by atoms with Crippen LogP contribution in [-0.2, 0) is 0 Å². The summed E-state index contributed by atoms with van der Waals surface area (Å²) in [5.41, 5.74) is 1.15. The van der Waals surface area contributed by atoms with Gasteiger partial charge in [0.15, 0.2) is 0 Å². The van der Waals surface area contributed by atoms with E-state index in [-0.39, 0.29) is 5.75 Å². The number of rotatable bonds is 5. The Balaban J connectivity index is 0.00000127. The minimum Gasteiger partial charge on any atom is -0.435 e. The normalized spacial score (nSPS) is 20.1. The van der Waals surface area contributed by atoms with Crippen molar-refractivity contribution in [2.45, 2.75) is 53.3 Å². The predicted octanol–water partition coefficient (Wildman–Crippen LogP) is 4.31. The van der Waals surface area contributed by atoms with Crippen molar-refractivity contribution < 1.29 is 13.5 Å². The first-order valence-corrected chi connectivity index (χ1v) is 8.49. The number of hydrogen-bond donors (Lipinski definition) is 1. The molecule has 2 atom stereocenters. The highest BCUT2D eigenvalue weighted by atomic mass is 19.3. The fraction of sp³-hybridized carbons (Fsp3) is 0.667. The van der Waals surface area contributed by atoms with E-state index < -0.39 is 6.61 Å². The molecule has 0 aromatic heterocycles. The average Bonchev–Trinajstić information content (AvgIpc) is 2.50. The first-order valence-electron chi connectivity index (χ1n) is 8.49. The number of nitrogens with one attached hydrogen (secondary N) is 1. The summed E-state index contributed by atoms with van der Waals surface area (Å²) in [6.07, 6.45) is 0. The zero-order chi connectivity index (χ0) is 17.4. The molecule has 0 aliphatic carbocycles. The second-order valence-corrected chi connectivity index (χ2v) is 5.99. The topological polar surface area (TPSA) is 24.5 Å². The van der Waals surface area contributed by atoms with Gasteiger partial charge in [-0.05, 0) is 30.5 Å². The third-order valence-corrected chi connectivity index (χ3v) is 3.87. The van der Waals surface area contributed by atoms with Crippen LogP contribution in [0.1, 0.15) is 46.2 Å². The van der Waals surface area contributed by atoms with Gasteiger partial charge >= 0.3 is 6.61 Å². The molecule has 1 saturated heterocycles. The standard InChI is InChI=1S/C16H24F2N2O.C2H6/c1-11(2)15(20-9-8-19-12(3)10-20)13-4-6-14(7-5-13)21-16(17)18;1-2/h4-7,11-12,15-16,19H,8-10H2,1-3H3;1-2H3. The van der Waals surface area contributed by atoms with E-state index in [0.29, 0.717) is 18.0 Å². The molecule has 2 unspecified atom stereocenters. The molecule has 1 heterocycles. The van der Waals surface area contributed by atoms with E-state index in [4.69, 9.17) is 0 Å². The molecule has 1 aliphatic heterocycles. The van der Waals surface area contributed by atoms with Crippen molar-refractivity contribution >= 4 is 0 Å². The molecule has 0 amide bonds. The molecule has 0 radical (unpaired) electrons. The van der Waals surface area contributed by atoms with Crippen LogP contribution >= 0.6 is 0 Å². The summed E-state index contributed by atoms with van der Waals surface area (Å²) < 4.78 is 28.8. The Morgan fingerprint density at radius 3 is 2.26 bits per heavy atom. The first kappa shape index (κ1) is 19.8. The summed E-state index contributed by atoms with van der Waals surface area (Å²) in [4.78, 5) is 2.47. The SMILES string of the molecule is CC.CC1CN(C(c2ccc(OC(F)F)cc2)C(C)C)CCN1. The monoisotopic (exact) mass is 328 g/mol. The predicted molar refractivity (Wildman–Crippen MR) is 91.0 cm³/mol. The van der Waals surface area contributed by atoms with Gasteiger partial charge in [-0.2, -0.15) is 8.78 Å². The smallest absolute Gasteiger partial charge is 0.387 e. The highest BCUT2D eigenvalue weighted by Crippen LogP contribution is 2.30. The Morgan fingerprint density at radius 2 is 1.78 bits per heavy atom. The van der Waals surface area contributed by atoms with E-state index in [0.717, 1.165) is 25.2 Å². The highest BCUT2D eigenvalue weighted by molar-refractivity contribution is 5.29. The molecule has 23 heavy (non-hydrogen) atoms. The number of benzene rings is 1. The largest absolute Gasteiger partial charge is 0.435 e. The lowest BCUT2D eigenvalue weighted by atomic mass is 9.93. The van der Waals surface area contributed by atoms with Gasteiger partial charge in [-0.3, -0.25) is 4.90 Å². The van der Waals surface area contributed by atoms with Crippen molar-refractivity contribution in [3.05, 3.63) is 29.8 Å². The molecule has 1 aromatic carbocycles. The third kappa shape index (κ3) is 6.07. The molecular formula is C18H30F2N2O. The van der Waals surface area contributed by atoms with Crippen molar-refractivity contribution in [2.24, 2.45) is 5.92 Å². The van der Waals surface area contributed by atoms with E-state index in [9.17, 15) is 8.78 Å². The van der Waals surface area contributed by atoms with Crippen LogP contribution < -0.4 is 10.1 Å². The van der Waals surface area contributed by atoms with Gasteiger partial charge in [0.05, 0.1) is 0 Å². The molecule has 2 rings (SSSR count). The maximum Gasteiger partial charge on any atom is 0.387 e. The van der Waals surface area contributed by atoms with Gasteiger partial charge < -0.3 is 10.1 Å². The molecule has 1 aromatic rings. The second-order valence-electron chi connectivity index (χ2n) is 5.99. The zero-order valence-corrected chi connectivity index (χ0v) is 14.9. The number of hydrogen-bond acceptors (Lipinski definition) is 3. The van der Waals surface area contributed by atoms with E-state index in [1.807, 2.05) is 26.0 Å². The molecule has 1 aliphatic rings. The van der Waals surface area contributed by atoms with Crippen molar-refractivity contribution in [1.82, 2.24) is 10.2 Å². The van der Waals surface area contributed by atoms with E-state index in [1.54, 1.807) is 12.1 Å². The summed E-state index contributed by atoms with van der Waals surface area (Å²) in [6.45, 7) is 10.8. The summed E-state index contributed by atoms with van der Waals surface area (Å²) >= 11 is 0. The Morgan fingerprint density at radius 1 is 1.17 bits per heavy atom. The Hall–Kier alpha value is -1.20. The van der Waals surface area contributed by atoms with Crippen molar-refractivity contribution in [2.75, 3.05) is 19.6 Å². The van der Waals surface area contributed by atoms with E-state index >= 15 is 0 Å². The number of nitrogens with zero attached hydrogens (tertiary/aromatic N) is 1. The van der Waals surface area contributed by atoms with Crippen molar-refractivity contribution in [3.8, 4) is 5.75 Å². The Bertz CT molecular complexity index is 437. The quantitative estimate of drug-likeness (QED) is 0.872. The summed E-state index contributed by atoms with van der Waals surface area (Å²) in [5.74, 6) is 0.669. The fourth-order valence-electron chi connectivity index (χ4n) is 3.08. The van der Waals surface area contributed by atoms with Crippen LogP contribution in [-0.4, -0.2) is 37.2 Å². The minimum atomic E-state index is -2.77. The lowest BCUT2D eigenvalue weighted by Gasteiger charge is -2.40. The molecule has 0 saturated carbocycles. The van der Waals surface area contributed by atoms with E-state index in [2.05, 4.69) is 35.7 Å². The van der Waals surface area contributed by atoms with Gasteiger partial charge in [0, 0.05) is 31.7 Å². The van der Waals surface area contributed by atoms with Crippen LogP contribution in [0.4, 0.5) is 8.78 Å². The van der Waals surface area contributed by atoms with Crippen molar-refractivity contribution in [3.63, 3.8) is 0 Å². The molecule has 5 heteroatoms. The maximum absolute atomic E-state index is 12.2. The molecule has 132 valence electrons. The van der Waals surface area contributed by atoms with Crippen LogP contribution in [0.25, 0.3) is 0 Å². The van der Waals surface area contributed by atoms with Gasteiger partial charge in [-0.25, -0.2) is 0 Å². The first-order chi connectivity index (χ1) is 11.0. The number of ether oxygens (including phenoxy) is 1. The Labute approximate surface area is 139 Å². The summed E-state index contributed by atoms with van der Waals surface area (Å²) in [6, 6.07) is 7.83. The van der Waals surface area contributed by atoms with Crippen LogP contribution in [0.3, 0.4) is 0 Å². The van der Waals surface area contributed by atoms with Gasteiger partial charge in [0.2, 0.25) is 0 Å². The third-order valence-electron chi connectivity index (χ3n) is 3.87. The lowest BCUT2D eigenvalue weighted by molar-refractivity contribution is -0.0498. The van der Waals surface area contributed by atoms with Crippen LogP contribution in [0, 0.1) is 5.92 Å².